The number of nitrogens with zero attached hydrogens (tertiary/aromatic N) is 1. The lowest BCUT2D eigenvalue weighted by atomic mass is 10.1. The third kappa shape index (κ3) is 3.80. The predicted octanol–water partition coefficient (Wildman–Crippen LogP) is 2.03. The number of carbonyl (C=O) groups is 3. The van der Waals surface area contributed by atoms with Gasteiger partial charge in [0.25, 0.3) is 5.91 Å². The molecule has 0 bridgehead atoms. The molecule has 2 aromatic rings. The van der Waals surface area contributed by atoms with E-state index in [4.69, 9.17) is 9.84 Å². The number of aliphatic carboxylic acids is 1. The van der Waals surface area contributed by atoms with Crippen molar-refractivity contribution in [3.8, 4) is 5.75 Å². The molecule has 2 amide bonds. The maximum atomic E-state index is 12.9. The van der Waals surface area contributed by atoms with Gasteiger partial charge in [0.1, 0.15) is 18.1 Å². The van der Waals surface area contributed by atoms with Crippen LogP contribution < -0.4 is 15.0 Å². The Kier molecular flexibility index (Phi) is 4.83. The van der Waals surface area contributed by atoms with E-state index in [2.05, 4.69) is 5.32 Å². The van der Waals surface area contributed by atoms with Gasteiger partial charge in [0.15, 0.2) is 6.10 Å². The van der Waals surface area contributed by atoms with Crippen LogP contribution in [0.4, 0.5) is 15.8 Å². The SMILES string of the molecule is O=C(O)CC1Oc2ccccc2N(CC(=O)Nc2ccc(F)cc2)C1=O. The number of hydrogen-bond acceptors (Lipinski definition) is 4. The molecule has 0 saturated heterocycles. The van der Waals surface area contributed by atoms with Gasteiger partial charge in [-0.15, -0.1) is 0 Å². The summed E-state index contributed by atoms with van der Waals surface area (Å²) in [7, 11) is 0. The smallest absolute Gasteiger partial charge is 0.307 e. The Balaban J connectivity index is 1.79. The number of ether oxygens (including phenoxy) is 1. The standard InChI is InChI=1S/C18H15FN2O5/c19-11-5-7-12(8-6-11)20-16(22)10-21-13-3-1-2-4-14(13)26-15(18(21)25)9-17(23)24/h1-8,15H,9-10H2,(H,20,22)(H,23,24). The molecule has 1 heterocycles. The molecule has 2 aromatic carbocycles. The fourth-order valence-corrected chi connectivity index (χ4v) is 2.60. The minimum Gasteiger partial charge on any atom is -0.481 e. The quantitative estimate of drug-likeness (QED) is 0.853. The molecule has 2 N–H and O–H groups in total. The summed E-state index contributed by atoms with van der Waals surface area (Å²) in [5, 5.41) is 11.5. The normalized spacial score (nSPS) is 15.8. The van der Waals surface area contributed by atoms with Gasteiger partial charge < -0.3 is 15.2 Å². The predicted molar refractivity (Wildman–Crippen MR) is 90.5 cm³/mol. The highest BCUT2D eigenvalue weighted by Crippen LogP contribution is 2.34. The summed E-state index contributed by atoms with van der Waals surface area (Å²) in [6, 6.07) is 11.8. The molecule has 1 atom stereocenters. The topological polar surface area (TPSA) is 95.9 Å². The Morgan fingerprint density at radius 1 is 1.15 bits per heavy atom. The third-order valence-corrected chi connectivity index (χ3v) is 3.76. The van der Waals surface area contributed by atoms with Crippen LogP contribution in [0.1, 0.15) is 6.42 Å². The monoisotopic (exact) mass is 358 g/mol. The van der Waals surface area contributed by atoms with Crippen LogP contribution in [0, 0.1) is 5.82 Å². The largest absolute Gasteiger partial charge is 0.481 e. The van der Waals surface area contributed by atoms with Crippen LogP contribution in [-0.4, -0.2) is 35.5 Å². The molecule has 1 aliphatic heterocycles. The van der Waals surface area contributed by atoms with E-state index in [0.29, 0.717) is 17.1 Å². The number of anilines is 2. The molecule has 26 heavy (non-hydrogen) atoms. The van der Waals surface area contributed by atoms with Gasteiger partial charge in [-0.1, -0.05) is 12.1 Å². The molecule has 8 heteroatoms. The van der Waals surface area contributed by atoms with Crippen LogP contribution in [0.2, 0.25) is 0 Å². The van der Waals surface area contributed by atoms with Crippen molar-refractivity contribution in [1.82, 2.24) is 0 Å². The van der Waals surface area contributed by atoms with Gasteiger partial charge in [-0.05, 0) is 36.4 Å². The van der Waals surface area contributed by atoms with Gasteiger partial charge in [-0.2, -0.15) is 0 Å². The molecule has 3 rings (SSSR count). The van der Waals surface area contributed by atoms with E-state index in [0.717, 1.165) is 0 Å². The number of halogens is 1. The van der Waals surface area contributed by atoms with Gasteiger partial charge in [0.05, 0.1) is 12.1 Å². The second kappa shape index (κ2) is 7.22. The van der Waals surface area contributed by atoms with E-state index in [1.54, 1.807) is 24.3 Å². The van der Waals surface area contributed by atoms with Crippen LogP contribution in [0.3, 0.4) is 0 Å². The van der Waals surface area contributed by atoms with Crippen molar-refractivity contribution in [2.45, 2.75) is 12.5 Å². The maximum absolute atomic E-state index is 12.9. The zero-order valence-corrected chi connectivity index (χ0v) is 13.5. The number of para-hydroxylation sites is 2. The number of carbonyl (C=O) groups excluding carboxylic acids is 2. The Hall–Kier alpha value is -3.42. The highest BCUT2D eigenvalue weighted by atomic mass is 19.1. The van der Waals surface area contributed by atoms with Crippen molar-refractivity contribution >= 4 is 29.2 Å². The second-order valence-electron chi connectivity index (χ2n) is 5.65. The fraction of sp³-hybridized carbons (Fsp3) is 0.167. The van der Waals surface area contributed by atoms with Crippen molar-refractivity contribution in [3.05, 3.63) is 54.3 Å². The zero-order valence-electron chi connectivity index (χ0n) is 13.5. The summed E-state index contributed by atoms with van der Waals surface area (Å²) in [6.07, 6.45) is -1.72. The molecule has 0 fully saturated rings. The molecular formula is C18H15FN2O5. The number of benzene rings is 2. The number of rotatable bonds is 5. The third-order valence-electron chi connectivity index (χ3n) is 3.76. The molecular weight excluding hydrogens is 343 g/mol. The minimum absolute atomic E-state index is 0.327. The minimum atomic E-state index is -1.21. The van der Waals surface area contributed by atoms with Crippen LogP contribution in [0.5, 0.6) is 5.75 Å². The average molecular weight is 358 g/mol. The number of hydrogen-bond donors (Lipinski definition) is 2. The number of carboxylic acids is 1. The summed E-state index contributed by atoms with van der Waals surface area (Å²) < 4.78 is 18.4. The number of carboxylic acid groups (broad SMARTS) is 1. The molecule has 0 aromatic heterocycles. The molecule has 0 radical (unpaired) electrons. The molecule has 1 aliphatic rings. The number of nitrogens with one attached hydrogen (secondary N) is 1. The first kappa shape index (κ1) is 17.4. The lowest BCUT2D eigenvalue weighted by Crippen LogP contribution is -2.49. The second-order valence-corrected chi connectivity index (χ2v) is 5.65. The zero-order chi connectivity index (χ0) is 18.7. The van der Waals surface area contributed by atoms with Crippen molar-refractivity contribution in [2.75, 3.05) is 16.8 Å². The van der Waals surface area contributed by atoms with E-state index >= 15 is 0 Å². The van der Waals surface area contributed by atoms with Crippen molar-refractivity contribution in [2.24, 2.45) is 0 Å². The first-order valence-corrected chi connectivity index (χ1v) is 7.78. The van der Waals surface area contributed by atoms with E-state index in [-0.39, 0.29) is 6.54 Å². The number of fused-ring (bicyclic) bond motifs is 1. The van der Waals surface area contributed by atoms with E-state index < -0.39 is 36.1 Å². The lowest BCUT2D eigenvalue weighted by molar-refractivity contribution is -0.142. The molecule has 134 valence electrons. The van der Waals surface area contributed by atoms with E-state index in [9.17, 15) is 18.8 Å². The van der Waals surface area contributed by atoms with Gasteiger partial charge >= 0.3 is 5.97 Å². The summed E-state index contributed by atoms with van der Waals surface area (Å²) in [4.78, 5) is 37.0. The highest BCUT2D eigenvalue weighted by molar-refractivity contribution is 6.07. The van der Waals surface area contributed by atoms with E-state index in [1.165, 1.54) is 29.2 Å². The molecule has 0 saturated carbocycles. The van der Waals surface area contributed by atoms with Crippen molar-refractivity contribution < 1.29 is 28.6 Å². The first-order chi connectivity index (χ1) is 12.4. The molecule has 1 unspecified atom stereocenters. The fourth-order valence-electron chi connectivity index (χ4n) is 2.60. The number of amides is 2. The average Bonchev–Trinajstić information content (AvgIpc) is 2.60. The van der Waals surface area contributed by atoms with E-state index in [1.807, 2.05) is 0 Å². The Labute approximate surface area is 148 Å². The summed E-state index contributed by atoms with van der Waals surface area (Å²) in [5.74, 6) is -2.40. The van der Waals surface area contributed by atoms with Crippen LogP contribution in [0.15, 0.2) is 48.5 Å². The Bertz CT molecular complexity index is 853. The van der Waals surface area contributed by atoms with Crippen molar-refractivity contribution in [3.63, 3.8) is 0 Å². The van der Waals surface area contributed by atoms with Crippen LogP contribution in [-0.2, 0) is 14.4 Å². The van der Waals surface area contributed by atoms with Crippen LogP contribution in [0.25, 0.3) is 0 Å². The molecule has 0 aliphatic carbocycles. The Morgan fingerprint density at radius 2 is 1.85 bits per heavy atom. The summed E-state index contributed by atoms with van der Waals surface area (Å²) in [5.41, 5.74) is 0.765. The molecule has 7 nitrogen and oxygen atoms in total. The first-order valence-electron chi connectivity index (χ1n) is 7.78. The Morgan fingerprint density at radius 3 is 2.54 bits per heavy atom. The lowest BCUT2D eigenvalue weighted by Gasteiger charge is -2.33. The van der Waals surface area contributed by atoms with Gasteiger partial charge in [-0.25, -0.2) is 4.39 Å². The molecule has 0 spiro atoms. The van der Waals surface area contributed by atoms with Gasteiger partial charge in [0.2, 0.25) is 5.91 Å². The van der Waals surface area contributed by atoms with Crippen molar-refractivity contribution in [1.29, 1.82) is 0 Å². The summed E-state index contributed by atoms with van der Waals surface area (Å²) >= 11 is 0. The van der Waals surface area contributed by atoms with Crippen LogP contribution >= 0.6 is 0 Å². The van der Waals surface area contributed by atoms with Gasteiger partial charge in [0, 0.05) is 5.69 Å². The maximum Gasteiger partial charge on any atom is 0.307 e. The summed E-state index contributed by atoms with van der Waals surface area (Å²) in [6.45, 7) is -0.327. The highest BCUT2D eigenvalue weighted by Gasteiger charge is 2.36. The van der Waals surface area contributed by atoms with Gasteiger partial charge in [-0.3, -0.25) is 19.3 Å².